The van der Waals surface area contributed by atoms with Crippen molar-refractivity contribution in [2.45, 2.75) is 26.3 Å². The van der Waals surface area contributed by atoms with Gasteiger partial charge in [0.25, 0.3) is 0 Å². The largest absolute Gasteiger partial charge is 0.349 e. The van der Waals surface area contributed by atoms with Crippen LogP contribution in [0.4, 0.5) is 5.69 Å². The third kappa shape index (κ3) is 5.30. The summed E-state index contributed by atoms with van der Waals surface area (Å²) < 4.78 is 0. The van der Waals surface area contributed by atoms with E-state index in [2.05, 4.69) is 10.6 Å². The van der Waals surface area contributed by atoms with Crippen molar-refractivity contribution >= 4 is 17.5 Å². The fourth-order valence-electron chi connectivity index (χ4n) is 3.07. The van der Waals surface area contributed by atoms with E-state index in [9.17, 15) is 9.59 Å². The molecule has 0 aliphatic carbocycles. The summed E-state index contributed by atoms with van der Waals surface area (Å²) in [4.78, 5) is 24.1. The maximum atomic E-state index is 12.5. The van der Waals surface area contributed by atoms with Crippen molar-refractivity contribution in [3.8, 4) is 11.1 Å². The van der Waals surface area contributed by atoms with Crippen LogP contribution >= 0.6 is 0 Å². The Morgan fingerprint density at radius 3 is 2.04 bits per heavy atom. The van der Waals surface area contributed by atoms with Crippen LogP contribution in [0.3, 0.4) is 0 Å². The Balaban J connectivity index is 1.67. The molecule has 0 saturated heterocycles. The molecule has 4 heteroatoms. The van der Waals surface area contributed by atoms with Gasteiger partial charge in [0.05, 0.1) is 12.5 Å². The third-order valence-electron chi connectivity index (χ3n) is 4.52. The van der Waals surface area contributed by atoms with Crippen LogP contribution in [0.25, 0.3) is 11.1 Å². The number of hydrogen-bond acceptors (Lipinski definition) is 2. The second kappa shape index (κ2) is 9.00. The lowest BCUT2D eigenvalue weighted by molar-refractivity contribution is -0.120. The lowest BCUT2D eigenvalue weighted by atomic mass is 10.0. The topological polar surface area (TPSA) is 58.2 Å². The quantitative estimate of drug-likeness (QED) is 0.649. The molecular formula is C24H24N2O2. The van der Waals surface area contributed by atoms with E-state index in [1.807, 2.05) is 85.8 Å². The highest BCUT2D eigenvalue weighted by Crippen LogP contribution is 2.22. The predicted octanol–water partition coefficient (Wildman–Crippen LogP) is 4.87. The third-order valence-corrected chi connectivity index (χ3v) is 4.52. The first-order chi connectivity index (χ1) is 13.5. The van der Waals surface area contributed by atoms with Gasteiger partial charge in [-0.15, -0.1) is 0 Å². The van der Waals surface area contributed by atoms with Gasteiger partial charge >= 0.3 is 0 Å². The lowest BCUT2D eigenvalue weighted by Crippen LogP contribution is -2.29. The van der Waals surface area contributed by atoms with Crippen LogP contribution in [0.5, 0.6) is 0 Å². The molecule has 142 valence electrons. The molecule has 2 N–H and O–H groups in total. The Hall–Kier alpha value is -3.40. The van der Waals surface area contributed by atoms with E-state index in [4.69, 9.17) is 0 Å². The summed E-state index contributed by atoms with van der Waals surface area (Å²) in [6, 6.07) is 25.3. The molecule has 0 aliphatic rings. The van der Waals surface area contributed by atoms with E-state index in [0.717, 1.165) is 27.9 Å². The molecule has 0 aromatic heterocycles. The van der Waals surface area contributed by atoms with Crippen molar-refractivity contribution in [2.75, 3.05) is 5.32 Å². The van der Waals surface area contributed by atoms with E-state index < -0.39 is 0 Å². The van der Waals surface area contributed by atoms with E-state index >= 15 is 0 Å². The van der Waals surface area contributed by atoms with Gasteiger partial charge in [0.2, 0.25) is 11.8 Å². The average Bonchev–Trinajstić information content (AvgIpc) is 2.69. The molecule has 4 nitrogen and oxygen atoms in total. The van der Waals surface area contributed by atoms with Gasteiger partial charge in [0, 0.05) is 12.6 Å². The maximum Gasteiger partial charge on any atom is 0.226 e. The molecule has 1 unspecified atom stereocenters. The highest BCUT2D eigenvalue weighted by molar-refractivity contribution is 5.92. The van der Waals surface area contributed by atoms with Crippen LogP contribution in [0.1, 0.15) is 30.5 Å². The zero-order valence-corrected chi connectivity index (χ0v) is 16.1. The van der Waals surface area contributed by atoms with Crippen molar-refractivity contribution in [1.82, 2.24) is 5.32 Å². The summed E-state index contributed by atoms with van der Waals surface area (Å²) in [7, 11) is 0. The zero-order chi connectivity index (χ0) is 19.9. The second-order valence-corrected chi connectivity index (χ2v) is 6.86. The van der Waals surface area contributed by atoms with Gasteiger partial charge in [0.1, 0.15) is 0 Å². The van der Waals surface area contributed by atoms with Crippen LogP contribution in [0.2, 0.25) is 0 Å². The van der Waals surface area contributed by atoms with Gasteiger partial charge in [-0.1, -0.05) is 72.3 Å². The summed E-state index contributed by atoms with van der Waals surface area (Å²) in [6.45, 7) is 3.46. The number of amides is 2. The molecular weight excluding hydrogens is 348 g/mol. The van der Waals surface area contributed by atoms with E-state index in [1.165, 1.54) is 6.92 Å². The number of aryl methyl sites for hydroxylation is 1. The Bertz CT molecular complexity index is 933. The first-order valence-corrected chi connectivity index (χ1v) is 9.30. The summed E-state index contributed by atoms with van der Waals surface area (Å²) in [5.74, 6) is -0.308. The normalized spacial score (nSPS) is 11.5. The molecule has 0 heterocycles. The molecule has 0 saturated carbocycles. The van der Waals surface area contributed by atoms with Crippen LogP contribution in [0, 0.1) is 6.92 Å². The zero-order valence-electron chi connectivity index (χ0n) is 16.1. The molecule has 2 amide bonds. The second-order valence-electron chi connectivity index (χ2n) is 6.86. The number of rotatable bonds is 6. The average molecular weight is 372 g/mol. The van der Waals surface area contributed by atoms with Gasteiger partial charge in [-0.25, -0.2) is 0 Å². The number of nitrogens with one attached hydrogen (secondary N) is 2. The smallest absolute Gasteiger partial charge is 0.226 e. The van der Waals surface area contributed by atoms with Gasteiger partial charge in [-0.2, -0.15) is 0 Å². The molecule has 1 atom stereocenters. The molecule has 3 aromatic carbocycles. The van der Waals surface area contributed by atoms with Gasteiger partial charge in [0.15, 0.2) is 0 Å². The fraction of sp³-hybridized carbons (Fsp3) is 0.167. The Morgan fingerprint density at radius 2 is 1.43 bits per heavy atom. The number of benzene rings is 3. The van der Waals surface area contributed by atoms with Crippen molar-refractivity contribution < 1.29 is 9.59 Å². The first-order valence-electron chi connectivity index (χ1n) is 9.30. The molecule has 3 rings (SSSR count). The number of hydrogen-bond donors (Lipinski definition) is 2. The lowest BCUT2D eigenvalue weighted by Gasteiger charge is -2.18. The van der Waals surface area contributed by atoms with Crippen molar-refractivity contribution in [1.29, 1.82) is 0 Å². The highest BCUT2D eigenvalue weighted by atomic mass is 16.2. The maximum absolute atomic E-state index is 12.5. The van der Waals surface area contributed by atoms with Gasteiger partial charge in [-0.05, 0) is 35.7 Å². The van der Waals surface area contributed by atoms with Gasteiger partial charge < -0.3 is 10.6 Å². The summed E-state index contributed by atoms with van der Waals surface area (Å²) in [5.41, 5.74) is 5.00. The predicted molar refractivity (Wildman–Crippen MR) is 113 cm³/mol. The highest BCUT2D eigenvalue weighted by Gasteiger charge is 2.17. The monoisotopic (exact) mass is 372 g/mol. The Labute approximate surface area is 165 Å². The molecule has 0 bridgehead atoms. The van der Waals surface area contributed by atoms with Crippen molar-refractivity contribution in [2.24, 2.45) is 0 Å². The Morgan fingerprint density at radius 1 is 0.821 bits per heavy atom. The summed E-state index contributed by atoms with van der Waals surface area (Å²) >= 11 is 0. The van der Waals surface area contributed by atoms with Crippen LogP contribution in [-0.4, -0.2) is 11.8 Å². The first kappa shape index (κ1) is 19.4. The van der Waals surface area contributed by atoms with Crippen LogP contribution in [-0.2, 0) is 9.59 Å². The molecule has 0 fully saturated rings. The fourth-order valence-corrected chi connectivity index (χ4v) is 3.07. The number of carbonyl (C=O) groups excluding carboxylic acids is 2. The van der Waals surface area contributed by atoms with Crippen molar-refractivity contribution in [3.05, 3.63) is 90.0 Å². The molecule has 3 aromatic rings. The minimum Gasteiger partial charge on any atom is -0.349 e. The Kier molecular flexibility index (Phi) is 6.22. The minimum absolute atomic E-state index is 0.146. The van der Waals surface area contributed by atoms with Crippen molar-refractivity contribution in [3.63, 3.8) is 0 Å². The summed E-state index contributed by atoms with van der Waals surface area (Å²) in [5, 5.41) is 5.78. The molecule has 0 spiro atoms. The number of carbonyl (C=O) groups is 2. The van der Waals surface area contributed by atoms with E-state index in [-0.39, 0.29) is 24.3 Å². The molecule has 0 aliphatic heterocycles. The van der Waals surface area contributed by atoms with Gasteiger partial charge in [-0.3, -0.25) is 9.59 Å². The van der Waals surface area contributed by atoms with Crippen LogP contribution in [0.15, 0.2) is 78.9 Å². The molecule has 28 heavy (non-hydrogen) atoms. The minimum atomic E-state index is -0.360. The van der Waals surface area contributed by atoms with E-state index in [0.29, 0.717) is 0 Å². The SMILES string of the molecule is CC(=O)NC(CC(=O)Nc1ccc(-c2ccccc2)cc1)c1ccc(C)cc1. The summed E-state index contributed by atoms with van der Waals surface area (Å²) in [6.07, 6.45) is 0.170. The van der Waals surface area contributed by atoms with E-state index in [1.54, 1.807) is 0 Å². The molecule has 0 radical (unpaired) electrons. The number of anilines is 1. The van der Waals surface area contributed by atoms with Crippen LogP contribution < -0.4 is 10.6 Å². The standard InChI is InChI=1S/C24H24N2O2/c1-17-8-10-21(11-9-17)23(25-18(2)27)16-24(28)26-22-14-12-20(13-15-22)19-6-4-3-5-7-19/h3-15,23H,16H2,1-2H3,(H,25,27)(H,26,28).